The van der Waals surface area contributed by atoms with Gasteiger partial charge in [0.05, 0.1) is 39.1 Å². The van der Waals surface area contributed by atoms with Crippen molar-refractivity contribution in [2.24, 2.45) is 0 Å². The molecule has 0 unspecified atom stereocenters. The summed E-state index contributed by atoms with van der Waals surface area (Å²) < 4.78 is 33.2. The molecule has 0 aliphatic rings. The minimum atomic E-state index is -0.519. The molecule has 0 radical (unpaired) electrons. The quantitative estimate of drug-likeness (QED) is 0.111. The van der Waals surface area contributed by atoms with Crippen LogP contribution in [0.3, 0.4) is 0 Å². The molecule has 1 N–H and O–H groups in total. The maximum Gasteiger partial charge on any atom is 0.408 e. The van der Waals surface area contributed by atoms with E-state index in [0.717, 1.165) is 62.9 Å². The predicted octanol–water partition coefficient (Wildman–Crippen LogP) is 7.16. The summed E-state index contributed by atoms with van der Waals surface area (Å²) in [6.45, 7) is 17.5. The summed E-state index contributed by atoms with van der Waals surface area (Å²) in [7, 11) is 0. The zero-order chi connectivity index (χ0) is 31.3. The van der Waals surface area contributed by atoms with Crippen molar-refractivity contribution in [3.05, 3.63) is 29.8 Å². The van der Waals surface area contributed by atoms with Crippen LogP contribution in [0.5, 0.6) is 5.75 Å². The normalized spacial score (nSPS) is 12.5. The first-order valence-electron chi connectivity index (χ1n) is 15.5. The molecule has 0 saturated carbocycles. The number of amides is 1. The molecule has 9 nitrogen and oxygen atoms in total. The van der Waals surface area contributed by atoms with Crippen molar-refractivity contribution in [1.82, 2.24) is 5.32 Å². The van der Waals surface area contributed by atoms with Crippen molar-refractivity contribution in [2.75, 3.05) is 46.2 Å². The fourth-order valence-corrected chi connectivity index (χ4v) is 3.85. The first-order valence-corrected chi connectivity index (χ1v) is 15.5. The summed E-state index contributed by atoms with van der Waals surface area (Å²) in [5, 5.41) is 2.85. The van der Waals surface area contributed by atoms with Gasteiger partial charge in [-0.05, 0) is 98.3 Å². The first kappa shape index (κ1) is 37.7. The van der Waals surface area contributed by atoms with Gasteiger partial charge in [0.25, 0.3) is 0 Å². The highest BCUT2D eigenvalue weighted by Gasteiger charge is 2.18. The van der Waals surface area contributed by atoms with Crippen molar-refractivity contribution in [3.8, 4) is 5.75 Å². The minimum absolute atomic E-state index is 0.133. The van der Waals surface area contributed by atoms with Crippen LogP contribution in [0.15, 0.2) is 24.3 Å². The molecule has 9 heteroatoms. The molecule has 242 valence electrons. The molecule has 0 bridgehead atoms. The van der Waals surface area contributed by atoms with Gasteiger partial charge >= 0.3 is 12.1 Å². The lowest BCUT2D eigenvalue weighted by Crippen LogP contribution is -2.34. The van der Waals surface area contributed by atoms with Crippen molar-refractivity contribution in [1.29, 1.82) is 0 Å². The van der Waals surface area contributed by atoms with E-state index in [1.54, 1.807) is 0 Å². The number of esters is 1. The van der Waals surface area contributed by atoms with Gasteiger partial charge < -0.3 is 33.7 Å². The standard InChI is InChI=1S/C33H57NO8/c1-27(34-31(36)42-33(5,6)7)28-16-18-29(19-17-28)40-22-14-9-8-12-20-37-23-25-39-26-24-38-21-13-10-11-15-30(35)41-32(2,3)4/h16-19,27H,8-15,20-26H2,1-7H3,(H,34,36)/t27-/m1/s1. The second kappa shape index (κ2) is 21.3. The molecule has 1 aromatic carbocycles. The molecule has 0 fully saturated rings. The maximum absolute atomic E-state index is 12.0. The van der Waals surface area contributed by atoms with Crippen LogP contribution in [0.2, 0.25) is 0 Å². The Balaban J connectivity index is 1.89. The molecule has 0 saturated heterocycles. The van der Waals surface area contributed by atoms with Crippen LogP contribution in [0.25, 0.3) is 0 Å². The van der Waals surface area contributed by atoms with Gasteiger partial charge in [-0.15, -0.1) is 0 Å². The van der Waals surface area contributed by atoms with Gasteiger partial charge in [0.1, 0.15) is 17.0 Å². The number of benzene rings is 1. The molecule has 1 amide bonds. The minimum Gasteiger partial charge on any atom is -0.494 e. The molecule has 1 rings (SSSR count). The Morgan fingerprint density at radius 1 is 0.643 bits per heavy atom. The summed E-state index contributed by atoms with van der Waals surface area (Å²) in [5.41, 5.74) is 0.0614. The third-order valence-corrected chi connectivity index (χ3v) is 5.90. The zero-order valence-corrected chi connectivity index (χ0v) is 27.3. The maximum atomic E-state index is 12.0. The molecule has 0 aliphatic carbocycles. The molecule has 42 heavy (non-hydrogen) atoms. The zero-order valence-electron chi connectivity index (χ0n) is 27.3. The van der Waals surface area contributed by atoms with Crippen LogP contribution in [0.4, 0.5) is 4.79 Å². The Kier molecular flexibility index (Phi) is 19.1. The topological polar surface area (TPSA) is 102 Å². The van der Waals surface area contributed by atoms with E-state index < -0.39 is 17.3 Å². The monoisotopic (exact) mass is 595 g/mol. The summed E-state index contributed by atoms with van der Waals surface area (Å²) in [6, 6.07) is 7.64. The average Bonchev–Trinajstić information content (AvgIpc) is 2.88. The first-order chi connectivity index (χ1) is 19.9. The smallest absolute Gasteiger partial charge is 0.408 e. The Morgan fingerprint density at radius 3 is 1.64 bits per heavy atom. The highest BCUT2D eigenvalue weighted by Crippen LogP contribution is 2.19. The van der Waals surface area contributed by atoms with Crippen molar-refractivity contribution >= 4 is 12.1 Å². The van der Waals surface area contributed by atoms with Gasteiger partial charge in [0, 0.05) is 19.6 Å². The Morgan fingerprint density at radius 2 is 1.12 bits per heavy atom. The molecule has 1 atom stereocenters. The van der Waals surface area contributed by atoms with Gasteiger partial charge in [-0.2, -0.15) is 0 Å². The van der Waals surface area contributed by atoms with Gasteiger partial charge in [-0.1, -0.05) is 25.0 Å². The van der Waals surface area contributed by atoms with Gasteiger partial charge in [0.15, 0.2) is 0 Å². The third kappa shape index (κ3) is 22.3. The summed E-state index contributed by atoms with van der Waals surface area (Å²) in [4.78, 5) is 23.6. The Labute approximate surface area is 254 Å². The van der Waals surface area contributed by atoms with E-state index in [4.69, 9.17) is 28.4 Å². The Bertz CT molecular complexity index is 845. The number of hydrogen-bond donors (Lipinski definition) is 1. The average molecular weight is 596 g/mol. The van der Waals surface area contributed by atoms with Crippen LogP contribution < -0.4 is 10.1 Å². The molecular formula is C33H57NO8. The molecule has 0 heterocycles. The highest BCUT2D eigenvalue weighted by molar-refractivity contribution is 5.69. The molecular weight excluding hydrogens is 538 g/mol. The van der Waals surface area contributed by atoms with Crippen molar-refractivity contribution in [3.63, 3.8) is 0 Å². The lowest BCUT2D eigenvalue weighted by molar-refractivity contribution is -0.154. The summed E-state index contributed by atoms with van der Waals surface area (Å²) in [6.07, 6.45) is 6.95. The van der Waals surface area contributed by atoms with Gasteiger partial charge in [0.2, 0.25) is 0 Å². The van der Waals surface area contributed by atoms with Crippen LogP contribution in [-0.2, 0) is 28.5 Å². The second-order valence-electron chi connectivity index (χ2n) is 12.4. The fraction of sp³-hybridized carbons (Fsp3) is 0.758. The van der Waals surface area contributed by atoms with Gasteiger partial charge in [-0.3, -0.25) is 4.79 Å². The SMILES string of the molecule is C[C@@H](NC(=O)OC(C)(C)C)c1ccc(OCCCCCCOCCOCCOCCCCCC(=O)OC(C)(C)C)cc1. The fourth-order valence-electron chi connectivity index (χ4n) is 3.85. The lowest BCUT2D eigenvalue weighted by Gasteiger charge is -2.22. The molecule has 1 aromatic rings. The number of alkyl carbamates (subject to hydrolysis) is 1. The van der Waals surface area contributed by atoms with E-state index in [2.05, 4.69) is 5.32 Å². The number of hydrogen-bond acceptors (Lipinski definition) is 8. The van der Waals surface area contributed by atoms with Crippen LogP contribution in [0.1, 0.15) is 111 Å². The highest BCUT2D eigenvalue weighted by atomic mass is 16.6. The van der Waals surface area contributed by atoms with Crippen molar-refractivity contribution < 1.29 is 38.0 Å². The lowest BCUT2D eigenvalue weighted by atomic mass is 10.1. The van der Waals surface area contributed by atoms with E-state index in [1.807, 2.05) is 72.7 Å². The van der Waals surface area contributed by atoms with E-state index in [1.165, 1.54) is 0 Å². The van der Waals surface area contributed by atoms with E-state index in [0.29, 0.717) is 46.1 Å². The second-order valence-corrected chi connectivity index (χ2v) is 12.4. The third-order valence-electron chi connectivity index (χ3n) is 5.90. The largest absolute Gasteiger partial charge is 0.494 e. The van der Waals surface area contributed by atoms with E-state index in [9.17, 15) is 9.59 Å². The van der Waals surface area contributed by atoms with Crippen LogP contribution >= 0.6 is 0 Å². The Hall–Kier alpha value is -2.36. The number of nitrogens with one attached hydrogen (secondary N) is 1. The molecule has 0 aromatic heterocycles. The summed E-state index contributed by atoms with van der Waals surface area (Å²) >= 11 is 0. The van der Waals surface area contributed by atoms with Crippen LogP contribution in [-0.4, -0.2) is 69.5 Å². The van der Waals surface area contributed by atoms with Gasteiger partial charge in [-0.25, -0.2) is 4.79 Å². The number of ether oxygens (including phenoxy) is 6. The van der Waals surface area contributed by atoms with Crippen molar-refractivity contribution in [2.45, 2.75) is 117 Å². The number of carbonyl (C=O) groups is 2. The number of rotatable bonds is 22. The van der Waals surface area contributed by atoms with Crippen LogP contribution in [0, 0.1) is 0 Å². The molecule has 0 spiro atoms. The summed E-state index contributed by atoms with van der Waals surface area (Å²) in [5.74, 6) is 0.693. The predicted molar refractivity (Wildman–Crippen MR) is 165 cm³/mol. The van der Waals surface area contributed by atoms with E-state index >= 15 is 0 Å². The number of unbranched alkanes of at least 4 members (excludes halogenated alkanes) is 5. The van der Waals surface area contributed by atoms with E-state index in [-0.39, 0.29) is 12.0 Å². The molecule has 0 aliphatic heterocycles. The number of carbonyl (C=O) groups excluding carboxylic acids is 2.